The summed E-state index contributed by atoms with van der Waals surface area (Å²) in [5, 5.41) is 12.0. The largest absolute Gasteiger partial charge is 0.497 e. The zero-order valence-corrected chi connectivity index (χ0v) is 13.3. The van der Waals surface area contributed by atoms with E-state index in [9.17, 15) is 9.90 Å². The number of alkyl carbamates (subject to hydrolysis) is 1. The molecule has 1 aliphatic heterocycles. The van der Waals surface area contributed by atoms with E-state index >= 15 is 0 Å². The molecule has 1 aromatic carbocycles. The normalized spacial score (nSPS) is 21.9. The number of epoxide rings is 1. The van der Waals surface area contributed by atoms with Crippen molar-refractivity contribution in [3.8, 4) is 5.75 Å². The van der Waals surface area contributed by atoms with E-state index in [2.05, 4.69) is 5.32 Å². The fourth-order valence-corrected chi connectivity index (χ4v) is 2.20. The molecule has 0 aliphatic carbocycles. The Morgan fingerprint density at radius 1 is 1.36 bits per heavy atom. The highest BCUT2D eigenvalue weighted by Crippen LogP contribution is 2.35. The van der Waals surface area contributed by atoms with Crippen molar-refractivity contribution < 1.29 is 24.1 Å². The number of ether oxygens (including phenoxy) is 3. The van der Waals surface area contributed by atoms with E-state index in [-0.39, 0.29) is 24.9 Å². The molecule has 122 valence electrons. The Kier molecular flexibility index (Phi) is 4.93. The highest BCUT2D eigenvalue weighted by molar-refractivity contribution is 5.68. The van der Waals surface area contributed by atoms with E-state index in [0.29, 0.717) is 0 Å². The summed E-state index contributed by atoms with van der Waals surface area (Å²) in [7, 11) is 1.59. The van der Waals surface area contributed by atoms with Crippen molar-refractivity contribution in [3.63, 3.8) is 0 Å². The number of hydrogen-bond acceptors (Lipinski definition) is 5. The summed E-state index contributed by atoms with van der Waals surface area (Å²) in [5.74, 6) is 0.732. The van der Waals surface area contributed by atoms with Crippen molar-refractivity contribution in [3.05, 3.63) is 29.8 Å². The van der Waals surface area contributed by atoms with Gasteiger partial charge in [0.05, 0.1) is 19.8 Å². The van der Waals surface area contributed by atoms with Crippen molar-refractivity contribution in [1.29, 1.82) is 0 Å². The van der Waals surface area contributed by atoms with Gasteiger partial charge in [-0.25, -0.2) is 4.79 Å². The van der Waals surface area contributed by atoms with Crippen LogP contribution in [0.3, 0.4) is 0 Å². The zero-order valence-electron chi connectivity index (χ0n) is 13.3. The molecule has 6 nitrogen and oxygen atoms in total. The van der Waals surface area contributed by atoms with Gasteiger partial charge in [-0.15, -0.1) is 0 Å². The Hall–Kier alpha value is -1.79. The number of aliphatic hydroxyl groups is 1. The van der Waals surface area contributed by atoms with Gasteiger partial charge in [0.2, 0.25) is 0 Å². The zero-order chi connectivity index (χ0) is 16.3. The van der Waals surface area contributed by atoms with Crippen LogP contribution in [0.1, 0.15) is 32.4 Å². The summed E-state index contributed by atoms with van der Waals surface area (Å²) >= 11 is 0. The minimum atomic E-state index is -0.574. The smallest absolute Gasteiger partial charge is 0.408 e. The fraction of sp³-hybridized carbons (Fsp3) is 0.562. The van der Waals surface area contributed by atoms with Crippen LogP contribution in [0, 0.1) is 0 Å². The molecule has 0 spiro atoms. The number of carbonyl (C=O) groups is 1. The molecule has 1 heterocycles. The number of hydrogen-bond donors (Lipinski definition) is 2. The summed E-state index contributed by atoms with van der Waals surface area (Å²) in [4.78, 5) is 12.0. The van der Waals surface area contributed by atoms with Crippen molar-refractivity contribution in [2.24, 2.45) is 0 Å². The average molecular weight is 309 g/mol. The second kappa shape index (κ2) is 6.54. The van der Waals surface area contributed by atoms with Gasteiger partial charge in [-0.3, -0.25) is 0 Å². The monoisotopic (exact) mass is 309 g/mol. The predicted molar refractivity (Wildman–Crippen MR) is 80.9 cm³/mol. The first-order valence-corrected chi connectivity index (χ1v) is 7.24. The molecular formula is C16H23NO5. The molecule has 1 fully saturated rings. The fourth-order valence-electron chi connectivity index (χ4n) is 2.20. The quantitative estimate of drug-likeness (QED) is 0.813. The molecular weight excluding hydrogens is 286 g/mol. The molecule has 6 heteroatoms. The summed E-state index contributed by atoms with van der Waals surface area (Å²) in [6.45, 7) is 5.34. The SMILES string of the molecule is COc1ccc([C@@H](NC(=O)OC(C)(C)C)[C@@H]2O[C@@H]2CO)cc1. The number of carbonyl (C=O) groups excluding carboxylic acids is 1. The summed E-state index contributed by atoms with van der Waals surface area (Å²) in [5.41, 5.74) is 0.294. The van der Waals surface area contributed by atoms with E-state index in [4.69, 9.17) is 14.2 Å². The van der Waals surface area contributed by atoms with Crippen LogP contribution in [0.4, 0.5) is 4.79 Å². The van der Waals surface area contributed by atoms with Gasteiger partial charge < -0.3 is 24.6 Å². The standard InChI is InChI=1S/C16H23NO5/c1-16(2,3)22-15(19)17-13(14-12(9-18)21-14)10-5-7-11(20-4)8-6-10/h5-8,12-14,18H,9H2,1-4H3,(H,17,19)/t12-,13-,14-/m1/s1. The molecule has 0 radical (unpaired) electrons. The van der Waals surface area contributed by atoms with Crippen molar-refractivity contribution in [1.82, 2.24) is 5.32 Å². The molecule has 1 aliphatic rings. The number of methoxy groups -OCH3 is 1. The van der Waals surface area contributed by atoms with Crippen LogP contribution in [0.5, 0.6) is 5.75 Å². The lowest BCUT2D eigenvalue weighted by molar-refractivity contribution is 0.0494. The van der Waals surface area contributed by atoms with Crippen LogP contribution < -0.4 is 10.1 Å². The molecule has 2 rings (SSSR count). The van der Waals surface area contributed by atoms with Gasteiger partial charge in [0, 0.05) is 0 Å². The average Bonchev–Trinajstić information content (AvgIpc) is 3.22. The van der Waals surface area contributed by atoms with Gasteiger partial charge in [0.1, 0.15) is 23.6 Å². The van der Waals surface area contributed by atoms with E-state index < -0.39 is 11.7 Å². The van der Waals surface area contributed by atoms with Crippen molar-refractivity contribution in [2.75, 3.05) is 13.7 Å². The lowest BCUT2D eigenvalue weighted by atomic mass is 10.0. The first-order chi connectivity index (χ1) is 10.3. The summed E-state index contributed by atoms with van der Waals surface area (Å²) < 4.78 is 15.8. The van der Waals surface area contributed by atoms with Gasteiger partial charge in [0.15, 0.2) is 0 Å². The molecule has 2 N–H and O–H groups in total. The Bertz CT molecular complexity index is 508. The van der Waals surface area contributed by atoms with Crippen LogP contribution in [0.15, 0.2) is 24.3 Å². The number of amides is 1. The van der Waals surface area contributed by atoms with E-state index in [1.165, 1.54) is 0 Å². The van der Waals surface area contributed by atoms with Gasteiger partial charge in [-0.1, -0.05) is 12.1 Å². The molecule has 1 amide bonds. The maximum atomic E-state index is 12.0. The number of rotatable bonds is 5. The van der Waals surface area contributed by atoms with E-state index in [1.807, 2.05) is 24.3 Å². The van der Waals surface area contributed by atoms with E-state index in [1.54, 1.807) is 27.9 Å². The van der Waals surface area contributed by atoms with Gasteiger partial charge in [-0.2, -0.15) is 0 Å². The third-order valence-corrected chi connectivity index (χ3v) is 3.28. The minimum Gasteiger partial charge on any atom is -0.497 e. The lowest BCUT2D eigenvalue weighted by Gasteiger charge is -2.23. The topological polar surface area (TPSA) is 80.3 Å². The molecule has 3 atom stereocenters. The molecule has 0 bridgehead atoms. The Morgan fingerprint density at radius 2 is 2.00 bits per heavy atom. The highest BCUT2D eigenvalue weighted by atomic mass is 16.6. The number of aliphatic hydroxyl groups excluding tert-OH is 1. The van der Waals surface area contributed by atoms with Crippen LogP contribution in [-0.4, -0.2) is 42.7 Å². The third-order valence-electron chi connectivity index (χ3n) is 3.28. The maximum Gasteiger partial charge on any atom is 0.408 e. The van der Waals surface area contributed by atoms with Gasteiger partial charge >= 0.3 is 6.09 Å². The molecule has 1 aromatic rings. The first kappa shape index (κ1) is 16.6. The Balaban J connectivity index is 2.11. The van der Waals surface area contributed by atoms with Crippen molar-refractivity contribution >= 4 is 6.09 Å². The highest BCUT2D eigenvalue weighted by Gasteiger charge is 2.46. The van der Waals surface area contributed by atoms with E-state index in [0.717, 1.165) is 11.3 Å². The number of nitrogens with one attached hydrogen (secondary N) is 1. The molecule has 0 saturated carbocycles. The molecule has 1 saturated heterocycles. The van der Waals surface area contributed by atoms with Crippen LogP contribution in [0.25, 0.3) is 0 Å². The molecule has 0 aromatic heterocycles. The second-order valence-electron chi connectivity index (χ2n) is 6.22. The summed E-state index contributed by atoms with van der Waals surface area (Å²) in [6, 6.07) is 6.97. The van der Waals surface area contributed by atoms with Crippen LogP contribution >= 0.6 is 0 Å². The summed E-state index contributed by atoms with van der Waals surface area (Å²) in [6.07, 6.45) is -1.03. The molecule has 22 heavy (non-hydrogen) atoms. The Morgan fingerprint density at radius 3 is 2.45 bits per heavy atom. The van der Waals surface area contributed by atoms with Crippen LogP contribution in [0.2, 0.25) is 0 Å². The predicted octanol–water partition coefficient (Wildman–Crippen LogP) is 2.02. The Labute approximate surface area is 130 Å². The minimum absolute atomic E-state index is 0.0761. The van der Waals surface area contributed by atoms with Crippen LogP contribution in [-0.2, 0) is 9.47 Å². The van der Waals surface area contributed by atoms with Crippen molar-refractivity contribution in [2.45, 2.75) is 44.6 Å². The second-order valence-corrected chi connectivity index (χ2v) is 6.22. The third kappa shape index (κ3) is 4.35. The number of benzene rings is 1. The lowest BCUT2D eigenvalue weighted by Crippen LogP contribution is -2.37. The maximum absolute atomic E-state index is 12.0. The first-order valence-electron chi connectivity index (χ1n) is 7.24. The van der Waals surface area contributed by atoms with Gasteiger partial charge in [-0.05, 0) is 38.5 Å². The molecule has 0 unspecified atom stereocenters. The van der Waals surface area contributed by atoms with Gasteiger partial charge in [0.25, 0.3) is 0 Å².